The largest absolute Gasteiger partial charge is 0.465 e. The number of anilines is 1. The van der Waals surface area contributed by atoms with E-state index in [4.69, 9.17) is 4.74 Å². The van der Waals surface area contributed by atoms with Crippen molar-refractivity contribution in [3.05, 3.63) is 24.5 Å². The van der Waals surface area contributed by atoms with Gasteiger partial charge >= 0.3 is 5.97 Å². The molecule has 0 saturated heterocycles. The Bertz CT molecular complexity index is 494. The van der Waals surface area contributed by atoms with Crippen LogP contribution in [-0.2, 0) is 9.53 Å². The fourth-order valence-electron chi connectivity index (χ4n) is 1.29. The van der Waals surface area contributed by atoms with Gasteiger partial charge in [0.05, 0.1) is 12.8 Å². The molecule has 2 heterocycles. The van der Waals surface area contributed by atoms with Gasteiger partial charge in [-0.15, -0.1) is 0 Å². The summed E-state index contributed by atoms with van der Waals surface area (Å²) >= 11 is 0. The lowest BCUT2D eigenvalue weighted by atomic mass is 10.5. The number of ether oxygens (including phenoxy) is 1. The molecule has 2 aromatic heterocycles. The Hall–Kier alpha value is -2.11. The second kappa shape index (κ2) is 4.61. The number of rotatable bonds is 4. The van der Waals surface area contributed by atoms with Gasteiger partial charge in [0.1, 0.15) is 12.4 Å². The van der Waals surface area contributed by atoms with E-state index < -0.39 is 0 Å². The van der Waals surface area contributed by atoms with Crippen molar-refractivity contribution in [2.24, 2.45) is 0 Å². The summed E-state index contributed by atoms with van der Waals surface area (Å²) in [5.41, 5.74) is 0.730. The molecule has 84 valence electrons. The summed E-state index contributed by atoms with van der Waals surface area (Å²) in [5.74, 6) is 0.332. The lowest BCUT2D eigenvalue weighted by molar-refractivity contribution is -0.140. The molecular weight excluding hydrogens is 208 g/mol. The van der Waals surface area contributed by atoms with E-state index in [9.17, 15) is 4.79 Å². The number of hydrogen-bond donors (Lipinski definition) is 1. The van der Waals surface area contributed by atoms with Gasteiger partial charge in [-0.05, 0) is 13.0 Å². The molecule has 0 aliphatic rings. The standard InChI is InChI=1S/C10H12N4O2/c1-2-16-10(15)7-11-8-4-6-14-9(13-8)3-5-12-14/h3-6H,2,7H2,1H3,(H,11,13). The summed E-state index contributed by atoms with van der Waals surface area (Å²) in [4.78, 5) is 15.3. The Morgan fingerprint density at radius 2 is 2.44 bits per heavy atom. The average Bonchev–Trinajstić information content (AvgIpc) is 2.74. The molecule has 16 heavy (non-hydrogen) atoms. The zero-order valence-electron chi connectivity index (χ0n) is 8.88. The Morgan fingerprint density at radius 1 is 1.56 bits per heavy atom. The first-order valence-corrected chi connectivity index (χ1v) is 4.99. The monoisotopic (exact) mass is 220 g/mol. The molecule has 0 amide bonds. The molecule has 0 bridgehead atoms. The van der Waals surface area contributed by atoms with Crippen molar-refractivity contribution in [3.8, 4) is 0 Å². The van der Waals surface area contributed by atoms with Gasteiger partial charge in [0.15, 0.2) is 5.65 Å². The topological polar surface area (TPSA) is 68.5 Å². The van der Waals surface area contributed by atoms with Crippen molar-refractivity contribution in [1.82, 2.24) is 14.6 Å². The van der Waals surface area contributed by atoms with E-state index in [1.807, 2.05) is 0 Å². The van der Waals surface area contributed by atoms with Crippen LogP contribution in [0.15, 0.2) is 24.5 Å². The highest BCUT2D eigenvalue weighted by Crippen LogP contribution is 2.05. The molecule has 0 aliphatic carbocycles. The number of nitrogens with zero attached hydrogens (tertiary/aromatic N) is 3. The van der Waals surface area contributed by atoms with Crippen LogP contribution in [0.25, 0.3) is 5.65 Å². The van der Waals surface area contributed by atoms with Crippen molar-refractivity contribution in [3.63, 3.8) is 0 Å². The van der Waals surface area contributed by atoms with Crippen LogP contribution in [0.5, 0.6) is 0 Å². The second-order valence-electron chi connectivity index (χ2n) is 3.11. The highest BCUT2D eigenvalue weighted by Gasteiger charge is 2.02. The van der Waals surface area contributed by atoms with Crippen molar-refractivity contribution in [1.29, 1.82) is 0 Å². The summed E-state index contributed by atoms with van der Waals surface area (Å²) in [6, 6.07) is 3.54. The normalized spacial score (nSPS) is 10.3. The van der Waals surface area contributed by atoms with Crippen molar-refractivity contribution < 1.29 is 9.53 Å². The maximum absolute atomic E-state index is 11.1. The maximum Gasteiger partial charge on any atom is 0.325 e. The Labute approximate surface area is 92.2 Å². The summed E-state index contributed by atoms with van der Waals surface area (Å²) in [5, 5.41) is 6.90. The van der Waals surface area contributed by atoms with Gasteiger partial charge in [-0.25, -0.2) is 9.50 Å². The minimum Gasteiger partial charge on any atom is -0.465 e. The van der Waals surface area contributed by atoms with Crippen LogP contribution in [0.3, 0.4) is 0 Å². The van der Waals surface area contributed by atoms with E-state index in [1.165, 1.54) is 0 Å². The second-order valence-corrected chi connectivity index (χ2v) is 3.11. The number of carbonyl (C=O) groups excluding carboxylic acids is 1. The molecule has 6 heteroatoms. The Morgan fingerprint density at radius 3 is 3.25 bits per heavy atom. The number of carbonyl (C=O) groups is 1. The third-order valence-corrected chi connectivity index (χ3v) is 1.98. The smallest absolute Gasteiger partial charge is 0.325 e. The minimum atomic E-state index is -0.294. The summed E-state index contributed by atoms with van der Waals surface area (Å²) in [7, 11) is 0. The van der Waals surface area contributed by atoms with Crippen LogP contribution >= 0.6 is 0 Å². The summed E-state index contributed by atoms with van der Waals surface area (Å²) in [6.45, 7) is 2.27. The van der Waals surface area contributed by atoms with Gasteiger partial charge in [-0.2, -0.15) is 5.10 Å². The highest BCUT2D eigenvalue weighted by atomic mass is 16.5. The van der Waals surface area contributed by atoms with Crippen LogP contribution < -0.4 is 5.32 Å². The van der Waals surface area contributed by atoms with Gasteiger partial charge in [0.2, 0.25) is 0 Å². The molecule has 1 N–H and O–H groups in total. The van der Waals surface area contributed by atoms with E-state index in [0.717, 1.165) is 5.65 Å². The molecule has 0 aliphatic heterocycles. The molecule has 2 rings (SSSR count). The number of nitrogens with one attached hydrogen (secondary N) is 1. The Balaban J connectivity index is 2.01. The van der Waals surface area contributed by atoms with E-state index in [-0.39, 0.29) is 12.5 Å². The van der Waals surface area contributed by atoms with Gasteiger partial charge < -0.3 is 10.1 Å². The molecular formula is C10H12N4O2. The van der Waals surface area contributed by atoms with Crippen molar-refractivity contribution >= 4 is 17.4 Å². The molecule has 0 atom stereocenters. The molecule has 0 unspecified atom stereocenters. The minimum absolute atomic E-state index is 0.116. The van der Waals surface area contributed by atoms with E-state index in [2.05, 4.69) is 15.4 Å². The molecule has 2 aromatic rings. The zero-order valence-corrected chi connectivity index (χ0v) is 8.88. The predicted octanol–water partition coefficient (Wildman–Crippen LogP) is 0.704. The molecule has 0 radical (unpaired) electrons. The molecule has 0 saturated carbocycles. The van der Waals surface area contributed by atoms with Crippen LogP contribution in [0, 0.1) is 0 Å². The third kappa shape index (κ3) is 2.28. The van der Waals surface area contributed by atoms with Gasteiger partial charge in [0, 0.05) is 12.3 Å². The number of esters is 1. The van der Waals surface area contributed by atoms with Gasteiger partial charge in [0.25, 0.3) is 0 Å². The molecule has 0 fully saturated rings. The van der Waals surface area contributed by atoms with Crippen LogP contribution in [0.4, 0.5) is 5.82 Å². The fraction of sp³-hybridized carbons (Fsp3) is 0.300. The first-order chi connectivity index (χ1) is 7.79. The number of hydrogen-bond acceptors (Lipinski definition) is 5. The molecule has 0 spiro atoms. The Kier molecular flexibility index (Phi) is 3.00. The van der Waals surface area contributed by atoms with Crippen LogP contribution in [-0.4, -0.2) is 33.7 Å². The summed E-state index contributed by atoms with van der Waals surface area (Å²) < 4.78 is 6.44. The number of aromatic nitrogens is 3. The molecule has 0 aromatic carbocycles. The number of fused-ring (bicyclic) bond motifs is 1. The predicted molar refractivity (Wildman–Crippen MR) is 58.1 cm³/mol. The fourth-order valence-corrected chi connectivity index (χ4v) is 1.29. The van der Waals surface area contributed by atoms with E-state index in [0.29, 0.717) is 12.4 Å². The quantitative estimate of drug-likeness (QED) is 0.768. The lowest BCUT2D eigenvalue weighted by Gasteiger charge is -2.05. The maximum atomic E-state index is 11.1. The lowest BCUT2D eigenvalue weighted by Crippen LogP contribution is -2.17. The van der Waals surface area contributed by atoms with Crippen LogP contribution in [0.1, 0.15) is 6.92 Å². The van der Waals surface area contributed by atoms with Crippen LogP contribution in [0.2, 0.25) is 0 Å². The zero-order chi connectivity index (χ0) is 11.4. The highest BCUT2D eigenvalue weighted by molar-refractivity contribution is 5.74. The van der Waals surface area contributed by atoms with Crippen molar-refractivity contribution in [2.45, 2.75) is 6.92 Å². The van der Waals surface area contributed by atoms with Crippen molar-refractivity contribution in [2.75, 3.05) is 18.5 Å². The van der Waals surface area contributed by atoms with Gasteiger partial charge in [-0.3, -0.25) is 4.79 Å². The first kappa shape index (κ1) is 10.4. The van der Waals surface area contributed by atoms with E-state index in [1.54, 1.807) is 36.0 Å². The third-order valence-electron chi connectivity index (χ3n) is 1.98. The van der Waals surface area contributed by atoms with E-state index >= 15 is 0 Å². The first-order valence-electron chi connectivity index (χ1n) is 4.99. The summed E-state index contributed by atoms with van der Waals surface area (Å²) in [6.07, 6.45) is 3.44. The SMILES string of the molecule is CCOC(=O)CNc1ccn2nccc2n1. The van der Waals surface area contributed by atoms with Gasteiger partial charge in [-0.1, -0.05) is 0 Å². The average molecular weight is 220 g/mol. The molecule has 6 nitrogen and oxygen atoms in total.